The minimum Gasteiger partial charge on any atom is -0.318 e. The maximum absolute atomic E-state index is 13.5. The Hall–Kier alpha value is -2.90. The van der Waals surface area contributed by atoms with E-state index in [1.165, 1.54) is 42.1 Å². The second-order valence-electron chi connectivity index (χ2n) is 6.72. The fourth-order valence-electron chi connectivity index (χ4n) is 3.21. The van der Waals surface area contributed by atoms with Gasteiger partial charge in [-0.15, -0.1) is 0 Å². The number of nitrogens with zero attached hydrogens (tertiary/aromatic N) is 2. The van der Waals surface area contributed by atoms with E-state index in [4.69, 9.17) is 11.6 Å². The van der Waals surface area contributed by atoms with Crippen molar-refractivity contribution < 1.29 is 13.6 Å². The molecule has 4 rings (SSSR count). The summed E-state index contributed by atoms with van der Waals surface area (Å²) < 4.78 is 28.5. The molecule has 30 heavy (non-hydrogen) atoms. The Morgan fingerprint density at radius 2 is 1.83 bits per heavy atom. The number of thioether (sulfide) groups is 1. The van der Waals surface area contributed by atoms with Gasteiger partial charge in [0.1, 0.15) is 11.6 Å². The van der Waals surface area contributed by atoms with Gasteiger partial charge >= 0.3 is 0 Å². The van der Waals surface area contributed by atoms with Crippen LogP contribution in [0.3, 0.4) is 0 Å². The van der Waals surface area contributed by atoms with E-state index in [1.807, 2.05) is 24.5 Å². The summed E-state index contributed by atoms with van der Waals surface area (Å²) in [6, 6.07) is 12.2. The number of halogens is 3. The van der Waals surface area contributed by atoms with Gasteiger partial charge in [-0.3, -0.25) is 4.79 Å². The van der Waals surface area contributed by atoms with Crippen molar-refractivity contribution in [1.82, 2.24) is 9.88 Å². The van der Waals surface area contributed by atoms with Crippen LogP contribution < -0.4 is 5.32 Å². The minimum atomic E-state index is -0.475. The van der Waals surface area contributed by atoms with Crippen molar-refractivity contribution in [3.63, 3.8) is 0 Å². The molecule has 1 aromatic heterocycles. The van der Waals surface area contributed by atoms with Gasteiger partial charge in [-0.25, -0.2) is 13.8 Å². The first kappa shape index (κ1) is 20.4. The Balaban J connectivity index is 1.64. The Bertz CT molecular complexity index is 1220. The van der Waals surface area contributed by atoms with Gasteiger partial charge in [-0.2, -0.15) is 0 Å². The van der Waals surface area contributed by atoms with Crippen LogP contribution >= 0.6 is 23.4 Å². The number of nitrogens with one attached hydrogen (secondary N) is 1. The van der Waals surface area contributed by atoms with Gasteiger partial charge in [0.05, 0.1) is 15.6 Å². The van der Waals surface area contributed by atoms with E-state index >= 15 is 0 Å². The third-order valence-electron chi connectivity index (χ3n) is 4.63. The maximum atomic E-state index is 13.5. The number of rotatable bonds is 3. The van der Waals surface area contributed by atoms with Gasteiger partial charge in [0.25, 0.3) is 5.91 Å². The molecule has 0 bridgehead atoms. The Morgan fingerprint density at radius 3 is 2.53 bits per heavy atom. The van der Waals surface area contributed by atoms with Crippen molar-refractivity contribution in [2.45, 2.75) is 13.8 Å². The zero-order valence-electron chi connectivity index (χ0n) is 16.0. The fraction of sp³-hybridized carbons (Fsp3) is 0.0909. The lowest BCUT2D eigenvalue weighted by atomic mass is 10.2. The van der Waals surface area contributed by atoms with Crippen LogP contribution in [-0.2, 0) is 4.79 Å². The summed E-state index contributed by atoms with van der Waals surface area (Å²) in [5.41, 5.74) is 3.95. The summed E-state index contributed by atoms with van der Waals surface area (Å²) in [5, 5.41) is 3.20. The molecular formula is C22H16ClF2N3OS. The van der Waals surface area contributed by atoms with Crippen LogP contribution in [0.2, 0.25) is 5.02 Å². The first-order valence-corrected chi connectivity index (χ1v) is 10.2. The molecule has 1 fully saturated rings. The number of amidine groups is 1. The van der Waals surface area contributed by atoms with Gasteiger partial charge in [-0.05, 0) is 85.8 Å². The van der Waals surface area contributed by atoms with Gasteiger partial charge in [0.2, 0.25) is 0 Å². The molecule has 8 heteroatoms. The van der Waals surface area contributed by atoms with Crippen LogP contribution in [-0.4, -0.2) is 15.6 Å². The molecular weight excluding hydrogens is 428 g/mol. The maximum Gasteiger partial charge on any atom is 0.264 e. The molecule has 2 aromatic carbocycles. The number of amides is 1. The monoisotopic (exact) mass is 443 g/mol. The zero-order valence-corrected chi connectivity index (χ0v) is 17.6. The van der Waals surface area contributed by atoms with Crippen molar-refractivity contribution >= 4 is 46.2 Å². The van der Waals surface area contributed by atoms with Crippen LogP contribution in [0.5, 0.6) is 0 Å². The number of aromatic nitrogens is 1. The summed E-state index contributed by atoms with van der Waals surface area (Å²) in [4.78, 5) is 17.2. The SMILES string of the molecule is Cc1cc(/C=C2/SC(=Nc3ccc(F)cc3)NC2=O)c(C)n1-c1ccc(F)c(Cl)c1. The molecule has 1 aliphatic heterocycles. The van der Waals surface area contributed by atoms with Crippen LogP contribution in [0.25, 0.3) is 11.8 Å². The van der Waals surface area contributed by atoms with Crippen LogP contribution in [0.4, 0.5) is 14.5 Å². The Kier molecular flexibility index (Phi) is 5.49. The lowest BCUT2D eigenvalue weighted by molar-refractivity contribution is -0.115. The topological polar surface area (TPSA) is 46.4 Å². The van der Waals surface area contributed by atoms with Gasteiger partial charge < -0.3 is 9.88 Å². The zero-order chi connectivity index (χ0) is 21.4. The van der Waals surface area contributed by atoms with Gasteiger partial charge in [0.15, 0.2) is 5.17 Å². The smallest absolute Gasteiger partial charge is 0.264 e. The predicted molar refractivity (Wildman–Crippen MR) is 117 cm³/mol. The van der Waals surface area contributed by atoms with Gasteiger partial charge in [-0.1, -0.05) is 11.6 Å². The molecule has 0 spiro atoms. The number of benzene rings is 2. The molecule has 1 amide bonds. The lowest BCUT2D eigenvalue weighted by Gasteiger charge is -2.10. The molecule has 0 radical (unpaired) electrons. The van der Waals surface area contributed by atoms with Gasteiger partial charge in [0, 0.05) is 17.1 Å². The van der Waals surface area contributed by atoms with Crippen molar-refractivity contribution in [2.75, 3.05) is 0 Å². The molecule has 1 saturated heterocycles. The van der Waals surface area contributed by atoms with E-state index in [1.54, 1.807) is 18.2 Å². The summed E-state index contributed by atoms with van der Waals surface area (Å²) in [6.45, 7) is 3.84. The highest BCUT2D eigenvalue weighted by Crippen LogP contribution is 2.31. The number of carbonyl (C=O) groups excluding carboxylic acids is 1. The molecule has 4 nitrogen and oxygen atoms in total. The van der Waals surface area contributed by atoms with E-state index in [0.717, 1.165) is 22.6 Å². The number of aryl methyl sites for hydroxylation is 1. The summed E-state index contributed by atoms with van der Waals surface area (Å²) in [6.07, 6.45) is 1.79. The standard InChI is InChI=1S/C22H16ClF2N3OS/c1-12-9-14(13(2)28(12)17-7-8-19(25)18(23)11-17)10-20-21(29)27-22(30-20)26-16-5-3-15(24)4-6-16/h3-11H,1-2H3,(H,26,27,29)/b20-10+. The first-order chi connectivity index (χ1) is 14.3. The third kappa shape index (κ3) is 4.04. The van der Waals surface area contributed by atoms with E-state index in [0.29, 0.717) is 15.8 Å². The molecule has 0 aliphatic carbocycles. The van der Waals surface area contributed by atoms with E-state index in [9.17, 15) is 13.6 Å². The minimum absolute atomic E-state index is 0.0484. The highest BCUT2D eigenvalue weighted by molar-refractivity contribution is 8.18. The quantitative estimate of drug-likeness (QED) is 0.511. The van der Waals surface area contributed by atoms with E-state index < -0.39 is 5.82 Å². The third-order valence-corrected chi connectivity index (χ3v) is 5.83. The van der Waals surface area contributed by atoms with Crippen LogP contribution in [0, 0.1) is 25.5 Å². The highest BCUT2D eigenvalue weighted by Gasteiger charge is 2.24. The average molecular weight is 444 g/mol. The molecule has 0 atom stereocenters. The predicted octanol–water partition coefficient (Wildman–Crippen LogP) is 5.92. The largest absolute Gasteiger partial charge is 0.318 e. The number of carbonyl (C=O) groups is 1. The first-order valence-electron chi connectivity index (χ1n) is 9.01. The summed E-state index contributed by atoms with van der Waals surface area (Å²) in [7, 11) is 0. The number of hydrogen-bond donors (Lipinski definition) is 1. The van der Waals surface area contributed by atoms with Crippen molar-refractivity contribution in [2.24, 2.45) is 4.99 Å². The molecule has 152 valence electrons. The van der Waals surface area contributed by atoms with E-state index in [-0.39, 0.29) is 16.7 Å². The molecule has 1 aliphatic rings. The van der Waals surface area contributed by atoms with Crippen LogP contribution in [0.15, 0.2) is 58.4 Å². The van der Waals surface area contributed by atoms with Crippen molar-refractivity contribution in [1.29, 1.82) is 0 Å². The average Bonchev–Trinajstić information content (AvgIpc) is 3.18. The molecule has 1 N–H and O–H groups in total. The number of hydrogen-bond acceptors (Lipinski definition) is 3. The lowest BCUT2D eigenvalue weighted by Crippen LogP contribution is -2.19. The molecule has 0 unspecified atom stereocenters. The Morgan fingerprint density at radius 1 is 1.10 bits per heavy atom. The molecule has 3 aromatic rings. The molecule has 2 heterocycles. The summed E-state index contributed by atoms with van der Waals surface area (Å²) >= 11 is 7.15. The van der Waals surface area contributed by atoms with Crippen LogP contribution in [0.1, 0.15) is 17.0 Å². The van der Waals surface area contributed by atoms with Crippen molar-refractivity contribution in [3.05, 3.63) is 87.0 Å². The second-order valence-corrected chi connectivity index (χ2v) is 8.16. The number of aliphatic imine (C=N–C) groups is 1. The van der Waals surface area contributed by atoms with E-state index in [2.05, 4.69) is 10.3 Å². The normalized spacial score (nSPS) is 16.5. The Labute approximate surface area is 181 Å². The van der Waals surface area contributed by atoms with Crippen molar-refractivity contribution in [3.8, 4) is 5.69 Å². The molecule has 0 saturated carbocycles. The highest BCUT2D eigenvalue weighted by atomic mass is 35.5. The summed E-state index contributed by atoms with van der Waals surface area (Å²) in [5.74, 6) is -1.08. The fourth-order valence-corrected chi connectivity index (χ4v) is 4.22. The second kappa shape index (κ2) is 8.08.